The van der Waals surface area contributed by atoms with E-state index in [4.69, 9.17) is 10.5 Å². The van der Waals surface area contributed by atoms with Crippen LogP contribution in [0.15, 0.2) is 24.3 Å². The van der Waals surface area contributed by atoms with E-state index in [0.29, 0.717) is 6.61 Å². The lowest BCUT2D eigenvalue weighted by molar-refractivity contribution is 0.339. The summed E-state index contributed by atoms with van der Waals surface area (Å²) in [5.74, 6) is 0.922. The molecular weight excluding hydrogens is 198 g/mol. The van der Waals surface area contributed by atoms with Gasteiger partial charge in [0, 0.05) is 6.04 Å². The fourth-order valence-corrected chi connectivity index (χ4v) is 1.78. The third-order valence-corrected chi connectivity index (χ3v) is 2.72. The van der Waals surface area contributed by atoms with Gasteiger partial charge in [-0.05, 0) is 31.0 Å². The minimum absolute atomic E-state index is 0.145. The standard InChI is InChI=1S/C14H23NO/c1-3-5-6-10-14(15)12-8-7-9-13(11-12)16-4-2/h7-9,11,14H,3-6,10,15H2,1-2H3/t14-/m1/s1. The van der Waals surface area contributed by atoms with Crippen LogP contribution in [0, 0.1) is 0 Å². The Balaban J connectivity index is 2.53. The van der Waals surface area contributed by atoms with Gasteiger partial charge in [-0.15, -0.1) is 0 Å². The fraction of sp³-hybridized carbons (Fsp3) is 0.571. The van der Waals surface area contributed by atoms with Crippen molar-refractivity contribution in [3.63, 3.8) is 0 Å². The second-order valence-electron chi connectivity index (χ2n) is 4.11. The molecule has 0 aliphatic rings. The summed E-state index contributed by atoms with van der Waals surface area (Å²) in [6, 6.07) is 8.28. The number of hydrogen-bond acceptors (Lipinski definition) is 2. The molecule has 1 aromatic rings. The smallest absolute Gasteiger partial charge is 0.119 e. The first-order valence-corrected chi connectivity index (χ1v) is 6.26. The van der Waals surface area contributed by atoms with Gasteiger partial charge in [-0.25, -0.2) is 0 Å². The predicted molar refractivity (Wildman–Crippen MR) is 68.7 cm³/mol. The van der Waals surface area contributed by atoms with Gasteiger partial charge in [0.25, 0.3) is 0 Å². The number of benzene rings is 1. The molecule has 0 bridgehead atoms. The molecule has 0 aromatic heterocycles. The largest absolute Gasteiger partial charge is 0.494 e. The second kappa shape index (κ2) is 7.29. The second-order valence-corrected chi connectivity index (χ2v) is 4.11. The van der Waals surface area contributed by atoms with Crippen LogP contribution in [0.5, 0.6) is 5.75 Å². The van der Waals surface area contributed by atoms with E-state index in [1.165, 1.54) is 24.8 Å². The molecule has 2 nitrogen and oxygen atoms in total. The van der Waals surface area contributed by atoms with Crippen LogP contribution in [0.25, 0.3) is 0 Å². The molecule has 0 aliphatic carbocycles. The molecule has 0 saturated carbocycles. The molecule has 1 aromatic carbocycles. The van der Waals surface area contributed by atoms with Crippen molar-refractivity contribution in [2.45, 2.75) is 45.6 Å². The highest BCUT2D eigenvalue weighted by Crippen LogP contribution is 2.21. The van der Waals surface area contributed by atoms with Gasteiger partial charge in [0.2, 0.25) is 0 Å². The normalized spacial score (nSPS) is 12.4. The van der Waals surface area contributed by atoms with Crippen LogP contribution < -0.4 is 10.5 Å². The summed E-state index contributed by atoms with van der Waals surface area (Å²) in [7, 11) is 0. The number of ether oxygens (including phenoxy) is 1. The zero-order valence-electron chi connectivity index (χ0n) is 10.4. The van der Waals surface area contributed by atoms with Crippen LogP contribution in [0.1, 0.15) is 51.1 Å². The van der Waals surface area contributed by atoms with Crippen LogP contribution in [0.2, 0.25) is 0 Å². The molecule has 1 rings (SSSR count). The minimum Gasteiger partial charge on any atom is -0.494 e. The number of rotatable bonds is 7. The third kappa shape index (κ3) is 4.23. The van der Waals surface area contributed by atoms with Crippen LogP contribution in [0.4, 0.5) is 0 Å². The molecule has 0 unspecified atom stereocenters. The summed E-state index contributed by atoms with van der Waals surface area (Å²) < 4.78 is 5.47. The van der Waals surface area contributed by atoms with E-state index in [1.54, 1.807) is 0 Å². The van der Waals surface area contributed by atoms with Gasteiger partial charge in [-0.3, -0.25) is 0 Å². The molecule has 0 amide bonds. The van der Waals surface area contributed by atoms with E-state index < -0.39 is 0 Å². The van der Waals surface area contributed by atoms with Crippen molar-refractivity contribution in [1.29, 1.82) is 0 Å². The number of unbranched alkanes of at least 4 members (excludes halogenated alkanes) is 2. The van der Waals surface area contributed by atoms with Crippen LogP contribution in [0.3, 0.4) is 0 Å². The Bertz CT molecular complexity index is 299. The monoisotopic (exact) mass is 221 g/mol. The summed E-state index contributed by atoms with van der Waals surface area (Å²) in [5, 5.41) is 0. The van der Waals surface area contributed by atoms with Crippen molar-refractivity contribution in [1.82, 2.24) is 0 Å². The molecule has 2 N–H and O–H groups in total. The Labute approximate surface area is 98.8 Å². The molecule has 2 heteroatoms. The van der Waals surface area contributed by atoms with Crippen LogP contribution >= 0.6 is 0 Å². The summed E-state index contributed by atoms with van der Waals surface area (Å²) in [4.78, 5) is 0. The fourth-order valence-electron chi connectivity index (χ4n) is 1.78. The van der Waals surface area contributed by atoms with Crippen molar-refractivity contribution < 1.29 is 4.74 Å². The zero-order chi connectivity index (χ0) is 11.8. The molecule has 1 atom stereocenters. The van der Waals surface area contributed by atoms with Gasteiger partial charge >= 0.3 is 0 Å². The first-order chi connectivity index (χ1) is 7.77. The van der Waals surface area contributed by atoms with Crippen molar-refractivity contribution >= 4 is 0 Å². The minimum atomic E-state index is 0.145. The zero-order valence-corrected chi connectivity index (χ0v) is 10.4. The van der Waals surface area contributed by atoms with Gasteiger partial charge < -0.3 is 10.5 Å². The lowest BCUT2D eigenvalue weighted by atomic mass is 10.0. The molecule has 0 fully saturated rings. The predicted octanol–water partition coefficient (Wildman–Crippen LogP) is 3.67. The van der Waals surface area contributed by atoms with Gasteiger partial charge in [-0.2, -0.15) is 0 Å². The maximum absolute atomic E-state index is 6.15. The van der Waals surface area contributed by atoms with E-state index in [0.717, 1.165) is 12.2 Å². The molecule has 90 valence electrons. The molecule has 0 heterocycles. The average Bonchev–Trinajstić information content (AvgIpc) is 2.30. The topological polar surface area (TPSA) is 35.2 Å². The highest BCUT2D eigenvalue weighted by atomic mass is 16.5. The summed E-state index contributed by atoms with van der Waals surface area (Å²) in [6.07, 6.45) is 4.77. The lowest BCUT2D eigenvalue weighted by Gasteiger charge is -2.13. The van der Waals surface area contributed by atoms with Gasteiger partial charge in [0.1, 0.15) is 5.75 Å². The summed E-state index contributed by atoms with van der Waals surface area (Å²) in [5.41, 5.74) is 7.33. The quantitative estimate of drug-likeness (QED) is 0.713. The van der Waals surface area contributed by atoms with Gasteiger partial charge in [-0.1, -0.05) is 38.3 Å². The Morgan fingerprint density at radius 3 is 2.75 bits per heavy atom. The average molecular weight is 221 g/mol. The molecule has 16 heavy (non-hydrogen) atoms. The van der Waals surface area contributed by atoms with Gasteiger partial charge in [0.05, 0.1) is 6.61 Å². The highest BCUT2D eigenvalue weighted by Gasteiger charge is 2.06. The molecular formula is C14H23NO. The first-order valence-electron chi connectivity index (χ1n) is 6.26. The Morgan fingerprint density at radius 2 is 2.06 bits per heavy atom. The van der Waals surface area contributed by atoms with E-state index in [2.05, 4.69) is 19.1 Å². The van der Waals surface area contributed by atoms with Crippen molar-refractivity contribution in [2.24, 2.45) is 5.73 Å². The Kier molecular flexibility index (Phi) is 5.94. The first kappa shape index (κ1) is 13.0. The van der Waals surface area contributed by atoms with E-state index in [1.807, 2.05) is 19.1 Å². The van der Waals surface area contributed by atoms with E-state index in [-0.39, 0.29) is 6.04 Å². The summed E-state index contributed by atoms with van der Waals surface area (Å²) in [6.45, 7) is 4.91. The molecule has 0 aliphatic heterocycles. The SMILES string of the molecule is CCCCC[C@@H](N)c1cccc(OCC)c1. The molecule has 0 radical (unpaired) electrons. The maximum Gasteiger partial charge on any atom is 0.119 e. The lowest BCUT2D eigenvalue weighted by Crippen LogP contribution is -2.10. The van der Waals surface area contributed by atoms with E-state index >= 15 is 0 Å². The van der Waals surface area contributed by atoms with E-state index in [9.17, 15) is 0 Å². The van der Waals surface area contributed by atoms with Gasteiger partial charge in [0.15, 0.2) is 0 Å². The van der Waals surface area contributed by atoms with Crippen LogP contribution in [-0.2, 0) is 0 Å². The van der Waals surface area contributed by atoms with Crippen molar-refractivity contribution in [3.8, 4) is 5.75 Å². The Hall–Kier alpha value is -1.02. The number of hydrogen-bond donors (Lipinski definition) is 1. The van der Waals surface area contributed by atoms with Crippen molar-refractivity contribution in [2.75, 3.05) is 6.61 Å². The summed E-state index contributed by atoms with van der Waals surface area (Å²) >= 11 is 0. The molecule has 0 spiro atoms. The molecule has 0 saturated heterocycles. The number of nitrogens with two attached hydrogens (primary N) is 1. The van der Waals surface area contributed by atoms with Crippen molar-refractivity contribution in [3.05, 3.63) is 29.8 Å². The highest BCUT2D eigenvalue weighted by molar-refractivity contribution is 5.30. The Morgan fingerprint density at radius 1 is 1.25 bits per heavy atom. The third-order valence-electron chi connectivity index (χ3n) is 2.72. The van der Waals surface area contributed by atoms with Crippen LogP contribution in [-0.4, -0.2) is 6.61 Å². The maximum atomic E-state index is 6.15.